The molecular weight excluding hydrogens is 355 g/mol. The van der Waals surface area contributed by atoms with Crippen LogP contribution in [0.1, 0.15) is 18.5 Å². The Balaban J connectivity index is 1.81. The minimum absolute atomic E-state index is 0.0195. The molecule has 0 aliphatic carbocycles. The van der Waals surface area contributed by atoms with Crippen LogP contribution in [0.25, 0.3) is 0 Å². The van der Waals surface area contributed by atoms with Gasteiger partial charge in [-0.15, -0.1) is 0 Å². The predicted molar refractivity (Wildman–Crippen MR) is 82.4 cm³/mol. The Morgan fingerprint density at radius 1 is 1.42 bits per heavy atom. The number of benzene rings is 1. The molecule has 0 saturated carbocycles. The molecule has 5 heteroatoms. The first kappa shape index (κ1) is 13.6. The zero-order chi connectivity index (χ0) is 13.4. The first-order valence-corrected chi connectivity index (χ1v) is 7.76. The minimum Gasteiger partial charge on any atom is -0.491 e. The fourth-order valence-corrected chi connectivity index (χ4v) is 3.34. The summed E-state index contributed by atoms with van der Waals surface area (Å²) in [6.45, 7) is 5.43. The number of nitrogens with zero attached hydrogens (tertiary/aromatic N) is 1. The van der Waals surface area contributed by atoms with Crippen LogP contribution in [0, 0.1) is 3.57 Å². The molecule has 1 fully saturated rings. The molecule has 1 aromatic rings. The largest absolute Gasteiger partial charge is 0.491 e. The average molecular weight is 374 g/mol. The van der Waals surface area contributed by atoms with E-state index < -0.39 is 0 Å². The Morgan fingerprint density at radius 2 is 2.26 bits per heavy atom. The van der Waals surface area contributed by atoms with E-state index >= 15 is 0 Å². The summed E-state index contributed by atoms with van der Waals surface area (Å²) in [4.78, 5) is 2.40. The zero-order valence-electron chi connectivity index (χ0n) is 11.0. The molecule has 2 aliphatic rings. The fraction of sp³-hybridized carbons (Fsp3) is 0.571. The molecular formula is C14H19IN2O2. The van der Waals surface area contributed by atoms with Crippen molar-refractivity contribution in [3.05, 3.63) is 27.3 Å². The number of hydrogen-bond acceptors (Lipinski definition) is 4. The highest BCUT2D eigenvalue weighted by atomic mass is 127. The van der Waals surface area contributed by atoms with Crippen LogP contribution >= 0.6 is 22.6 Å². The summed E-state index contributed by atoms with van der Waals surface area (Å²) in [5, 5.41) is 0. The zero-order valence-corrected chi connectivity index (χ0v) is 13.2. The van der Waals surface area contributed by atoms with Crippen LogP contribution in [-0.4, -0.2) is 43.3 Å². The average Bonchev–Trinajstić information content (AvgIpc) is 2.39. The van der Waals surface area contributed by atoms with Crippen LogP contribution in [-0.2, 0) is 4.74 Å². The quantitative estimate of drug-likeness (QED) is 0.762. The maximum Gasteiger partial charge on any atom is 0.125 e. The number of rotatable bonds is 1. The number of ether oxygens (including phenoxy) is 2. The fourth-order valence-electron chi connectivity index (χ4n) is 2.87. The highest BCUT2D eigenvalue weighted by Gasteiger charge is 2.34. The van der Waals surface area contributed by atoms with Crippen LogP contribution in [0.5, 0.6) is 5.75 Å². The van der Waals surface area contributed by atoms with Gasteiger partial charge in [0.25, 0.3) is 0 Å². The van der Waals surface area contributed by atoms with Gasteiger partial charge in [0.1, 0.15) is 12.4 Å². The molecule has 19 heavy (non-hydrogen) atoms. The molecule has 0 amide bonds. The molecule has 2 heterocycles. The molecule has 1 saturated heterocycles. The first-order chi connectivity index (χ1) is 9.15. The number of fused-ring (bicyclic) bond motifs is 1. The molecule has 4 nitrogen and oxygen atoms in total. The van der Waals surface area contributed by atoms with Crippen LogP contribution in [0.2, 0.25) is 0 Å². The van der Waals surface area contributed by atoms with Gasteiger partial charge in [0, 0.05) is 22.2 Å². The third-order valence-electron chi connectivity index (χ3n) is 3.90. The van der Waals surface area contributed by atoms with Crippen molar-refractivity contribution in [1.29, 1.82) is 0 Å². The summed E-state index contributed by atoms with van der Waals surface area (Å²) in [6, 6.07) is 6.52. The Labute approximate surface area is 127 Å². The van der Waals surface area contributed by atoms with Crippen molar-refractivity contribution in [3.8, 4) is 5.75 Å². The highest BCUT2D eigenvalue weighted by Crippen LogP contribution is 2.34. The van der Waals surface area contributed by atoms with Crippen LogP contribution in [0.15, 0.2) is 18.2 Å². The van der Waals surface area contributed by atoms with Crippen molar-refractivity contribution in [3.63, 3.8) is 0 Å². The van der Waals surface area contributed by atoms with E-state index in [0.29, 0.717) is 6.61 Å². The molecule has 1 aromatic carbocycles. The maximum atomic E-state index is 6.45. The summed E-state index contributed by atoms with van der Waals surface area (Å²) in [5.41, 5.74) is 7.57. The van der Waals surface area contributed by atoms with Crippen molar-refractivity contribution in [2.75, 3.05) is 26.3 Å². The van der Waals surface area contributed by atoms with Crippen LogP contribution < -0.4 is 10.5 Å². The summed E-state index contributed by atoms with van der Waals surface area (Å²) in [5.74, 6) is 0.942. The second-order valence-corrected chi connectivity index (χ2v) is 6.51. The summed E-state index contributed by atoms with van der Waals surface area (Å²) >= 11 is 2.30. The van der Waals surface area contributed by atoms with E-state index in [0.717, 1.165) is 31.0 Å². The molecule has 104 valence electrons. The van der Waals surface area contributed by atoms with Gasteiger partial charge >= 0.3 is 0 Å². The molecule has 3 rings (SSSR count). The Morgan fingerprint density at radius 3 is 3.05 bits per heavy atom. The van der Waals surface area contributed by atoms with Crippen molar-refractivity contribution in [2.24, 2.45) is 5.73 Å². The number of halogens is 1. The van der Waals surface area contributed by atoms with Gasteiger partial charge in [-0.25, -0.2) is 0 Å². The van der Waals surface area contributed by atoms with Crippen molar-refractivity contribution in [1.82, 2.24) is 4.90 Å². The lowest BCUT2D eigenvalue weighted by atomic mass is 9.95. The SMILES string of the molecule is CC1CN(C2COc3cc(I)ccc3C2N)CCO1. The second kappa shape index (κ2) is 5.55. The monoisotopic (exact) mass is 374 g/mol. The predicted octanol–water partition coefficient (Wildman–Crippen LogP) is 1.77. The molecule has 2 N–H and O–H groups in total. The van der Waals surface area contributed by atoms with E-state index in [1.165, 1.54) is 3.57 Å². The molecule has 0 spiro atoms. The number of hydrogen-bond donors (Lipinski definition) is 1. The Bertz CT molecular complexity index is 469. The number of nitrogens with two attached hydrogens (primary N) is 1. The van der Waals surface area contributed by atoms with Crippen LogP contribution in [0.4, 0.5) is 0 Å². The van der Waals surface area contributed by atoms with Gasteiger partial charge in [0.2, 0.25) is 0 Å². The molecule has 2 aliphatic heterocycles. The van der Waals surface area contributed by atoms with Gasteiger partial charge in [-0.05, 0) is 41.6 Å². The lowest BCUT2D eigenvalue weighted by molar-refractivity contribution is -0.0478. The van der Waals surface area contributed by atoms with E-state index in [4.69, 9.17) is 15.2 Å². The van der Waals surface area contributed by atoms with Crippen molar-refractivity contribution >= 4 is 22.6 Å². The van der Waals surface area contributed by atoms with Crippen molar-refractivity contribution in [2.45, 2.75) is 25.1 Å². The van der Waals surface area contributed by atoms with E-state index in [1.807, 2.05) is 0 Å². The van der Waals surface area contributed by atoms with Gasteiger partial charge in [0.05, 0.1) is 24.8 Å². The van der Waals surface area contributed by atoms with Gasteiger partial charge in [0.15, 0.2) is 0 Å². The van der Waals surface area contributed by atoms with Crippen LogP contribution in [0.3, 0.4) is 0 Å². The van der Waals surface area contributed by atoms with Gasteiger partial charge in [-0.1, -0.05) is 6.07 Å². The smallest absolute Gasteiger partial charge is 0.125 e. The third-order valence-corrected chi connectivity index (χ3v) is 4.57. The van der Waals surface area contributed by atoms with Gasteiger partial charge < -0.3 is 15.2 Å². The molecule has 3 unspecified atom stereocenters. The van der Waals surface area contributed by atoms with E-state index in [9.17, 15) is 0 Å². The lowest BCUT2D eigenvalue weighted by Gasteiger charge is -2.42. The van der Waals surface area contributed by atoms with Gasteiger partial charge in [-0.3, -0.25) is 4.90 Å². The Kier molecular flexibility index (Phi) is 3.98. The molecule has 0 aromatic heterocycles. The maximum absolute atomic E-state index is 6.45. The summed E-state index contributed by atoms with van der Waals surface area (Å²) in [6.07, 6.45) is 0.277. The second-order valence-electron chi connectivity index (χ2n) is 5.26. The lowest BCUT2D eigenvalue weighted by Crippen LogP contribution is -2.54. The summed E-state index contributed by atoms with van der Waals surface area (Å²) in [7, 11) is 0. The first-order valence-electron chi connectivity index (χ1n) is 6.68. The van der Waals surface area contributed by atoms with Crippen molar-refractivity contribution < 1.29 is 9.47 Å². The number of morpholine rings is 1. The van der Waals surface area contributed by atoms with E-state index in [2.05, 4.69) is 52.6 Å². The highest BCUT2D eigenvalue weighted by molar-refractivity contribution is 14.1. The normalized spacial score (nSPS) is 31.6. The van der Waals surface area contributed by atoms with E-state index in [1.54, 1.807) is 0 Å². The Hall–Kier alpha value is -0.370. The molecule has 3 atom stereocenters. The van der Waals surface area contributed by atoms with Gasteiger partial charge in [-0.2, -0.15) is 0 Å². The molecule has 0 radical (unpaired) electrons. The standard InChI is InChI=1S/C14H19IN2O2/c1-9-7-17(4-5-18-9)12-8-19-13-6-10(15)2-3-11(13)14(12)16/h2-3,6,9,12,14H,4-5,7-8,16H2,1H3. The summed E-state index contributed by atoms with van der Waals surface area (Å²) < 4.78 is 12.7. The third kappa shape index (κ3) is 2.74. The van der Waals surface area contributed by atoms with E-state index in [-0.39, 0.29) is 18.2 Å². The topological polar surface area (TPSA) is 47.7 Å². The minimum atomic E-state index is 0.0195. The molecule has 0 bridgehead atoms.